The molecule has 0 spiro atoms. The van der Waals surface area contributed by atoms with Crippen LogP contribution in [0.3, 0.4) is 0 Å². The van der Waals surface area contributed by atoms with Crippen molar-refractivity contribution in [3.8, 4) is 0 Å². The van der Waals surface area contributed by atoms with Gasteiger partial charge < -0.3 is 0 Å². The molecule has 2 nitrogen and oxygen atoms in total. The molecule has 0 amide bonds. The standard InChI is InChI=1S/C5H12NO.Y/c1-4(2)5(7)6-3;/h4-6H,1-3H3;/q-1;+1. The van der Waals surface area contributed by atoms with Crippen LogP contribution in [0.4, 0.5) is 0 Å². The molecule has 0 aromatic carbocycles. The summed E-state index contributed by atoms with van der Waals surface area (Å²) in [5.74, 6) is 0.579. The fraction of sp³-hybridized carbons (Fsp3) is 1.00. The molecule has 0 aliphatic carbocycles. The molecule has 0 aromatic heterocycles. The molecule has 0 heterocycles. The second kappa shape index (κ2) is 4.86. The Kier molecular flexibility index (Phi) is 5.48. The first-order chi connectivity index (χ1) is 3.72. The molecule has 0 bridgehead atoms. The van der Waals surface area contributed by atoms with Gasteiger partial charge in [0, 0.05) is 0 Å². The van der Waals surface area contributed by atoms with Gasteiger partial charge in [-0.25, -0.2) is 0 Å². The predicted molar refractivity (Wildman–Crippen MR) is 28.8 cm³/mol. The maximum absolute atomic E-state index is 5.18. The third kappa shape index (κ3) is 3.13. The van der Waals surface area contributed by atoms with E-state index in [1.54, 1.807) is 0 Å². The van der Waals surface area contributed by atoms with Crippen molar-refractivity contribution in [3.05, 3.63) is 0 Å². The molecular formula is C5H12NOY. The Bertz CT molecular complexity index is 54.4. The normalized spacial score (nSPS) is 14.4. The summed E-state index contributed by atoms with van der Waals surface area (Å²) in [6.45, 7) is 4.27. The van der Waals surface area contributed by atoms with Gasteiger partial charge >= 0.3 is 71.9 Å². The van der Waals surface area contributed by atoms with Crippen molar-refractivity contribution < 1.29 is 33.5 Å². The van der Waals surface area contributed by atoms with Gasteiger partial charge in [0.15, 0.2) is 0 Å². The van der Waals surface area contributed by atoms with Gasteiger partial charge in [-0.05, 0) is 0 Å². The summed E-state index contributed by atoms with van der Waals surface area (Å²) >= 11 is 0.874. The summed E-state index contributed by atoms with van der Waals surface area (Å²) in [4.78, 5) is 0. The molecule has 0 radical (unpaired) electrons. The van der Waals surface area contributed by atoms with Gasteiger partial charge in [0.25, 0.3) is 0 Å². The molecule has 0 aliphatic rings. The van der Waals surface area contributed by atoms with Crippen LogP contribution in [0.1, 0.15) is 13.8 Å². The van der Waals surface area contributed by atoms with Gasteiger partial charge in [-0.1, -0.05) is 0 Å². The molecule has 0 aliphatic heterocycles. The average Bonchev–Trinajstić information content (AvgIpc) is 1.69. The van der Waals surface area contributed by atoms with Gasteiger partial charge in [-0.15, -0.1) is 0 Å². The van der Waals surface area contributed by atoms with Crippen molar-refractivity contribution in [2.24, 2.45) is 5.92 Å². The number of rotatable bonds is 3. The Labute approximate surface area is 71.6 Å². The van der Waals surface area contributed by atoms with E-state index >= 15 is 0 Å². The summed E-state index contributed by atoms with van der Waals surface area (Å²) in [5.41, 5.74) is 0. The average molecular weight is 191 g/mol. The zero-order valence-corrected chi connectivity index (χ0v) is 8.48. The van der Waals surface area contributed by atoms with Gasteiger partial charge in [0.2, 0.25) is 0 Å². The van der Waals surface area contributed by atoms with Crippen LogP contribution in [0.2, 0.25) is 0 Å². The molecule has 1 N–H and O–H groups in total. The Morgan fingerprint density at radius 2 is 2.00 bits per heavy atom. The summed E-state index contributed by atoms with van der Waals surface area (Å²) in [6, 6.07) is 0. The van der Waals surface area contributed by atoms with E-state index in [9.17, 15) is 0 Å². The fourth-order valence-electron chi connectivity index (χ4n) is 0.559. The zero-order valence-electron chi connectivity index (χ0n) is 5.64. The van der Waals surface area contributed by atoms with Gasteiger partial charge in [0.05, 0.1) is 0 Å². The first kappa shape index (κ1) is 9.02. The van der Waals surface area contributed by atoms with Gasteiger partial charge in [-0.3, -0.25) is 0 Å². The predicted octanol–water partition coefficient (Wildman–Crippen LogP) is 0.666. The summed E-state index contributed by atoms with van der Waals surface area (Å²) in [5, 5.41) is 3.06. The molecular weight excluding hydrogens is 179 g/mol. The van der Waals surface area contributed by atoms with E-state index in [-0.39, 0.29) is 6.23 Å². The molecule has 0 saturated heterocycles. The van der Waals surface area contributed by atoms with Crippen LogP contribution in [0.25, 0.3) is 0 Å². The van der Waals surface area contributed by atoms with Crippen LogP contribution in [-0.2, 0) is 33.5 Å². The molecule has 0 saturated carbocycles. The van der Waals surface area contributed by atoms with Crippen molar-refractivity contribution in [1.29, 1.82) is 0 Å². The number of hydrogen-bond donors (Lipinski definition) is 1. The second-order valence-electron chi connectivity index (χ2n) is 2.09. The summed E-state index contributed by atoms with van der Waals surface area (Å²) < 4.78 is 5.18. The van der Waals surface area contributed by atoms with E-state index in [0.29, 0.717) is 5.92 Å². The molecule has 0 aromatic rings. The van der Waals surface area contributed by atoms with Crippen LogP contribution in [0, 0.1) is 5.92 Å². The zero-order chi connectivity index (χ0) is 6.57. The van der Waals surface area contributed by atoms with Crippen molar-refractivity contribution in [1.82, 2.24) is 5.32 Å². The van der Waals surface area contributed by atoms with E-state index in [4.69, 9.17) is 2.05 Å². The third-order valence-electron chi connectivity index (χ3n) is 1.04. The first-order valence-corrected chi connectivity index (χ1v) is 3.91. The number of hydrogen-bond acceptors (Lipinski definition) is 2. The van der Waals surface area contributed by atoms with E-state index in [2.05, 4.69) is 19.2 Å². The molecule has 0 fully saturated rings. The minimum atomic E-state index is 0.261. The second-order valence-corrected chi connectivity index (χ2v) is 2.76. The topological polar surface area (TPSA) is 21.3 Å². The van der Waals surface area contributed by atoms with E-state index < -0.39 is 0 Å². The molecule has 8 heavy (non-hydrogen) atoms. The monoisotopic (exact) mass is 191 g/mol. The number of nitrogens with one attached hydrogen (secondary N) is 1. The summed E-state index contributed by atoms with van der Waals surface area (Å²) in [7, 11) is 1.92. The van der Waals surface area contributed by atoms with Crippen LogP contribution < -0.4 is 5.32 Å². The van der Waals surface area contributed by atoms with Crippen LogP contribution >= 0.6 is 0 Å². The van der Waals surface area contributed by atoms with Crippen LogP contribution in [0.5, 0.6) is 0 Å². The van der Waals surface area contributed by atoms with Crippen molar-refractivity contribution in [3.63, 3.8) is 0 Å². The first-order valence-electron chi connectivity index (χ1n) is 2.75. The molecule has 1 unspecified atom stereocenters. The van der Waals surface area contributed by atoms with Crippen LogP contribution in [0.15, 0.2) is 0 Å². The quantitative estimate of drug-likeness (QED) is 0.662. The summed E-state index contributed by atoms with van der Waals surface area (Å²) in [6.07, 6.45) is 0.261. The van der Waals surface area contributed by atoms with Gasteiger partial charge in [0.1, 0.15) is 0 Å². The van der Waals surface area contributed by atoms with Gasteiger partial charge in [-0.2, -0.15) is 0 Å². The Balaban J connectivity index is 3.35. The Hall–Kier alpha value is 1.02. The molecule has 3 heteroatoms. The van der Waals surface area contributed by atoms with Crippen molar-refractivity contribution in [2.45, 2.75) is 20.1 Å². The van der Waals surface area contributed by atoms with E-state index in [1.807, 2.05) is 7.05 Å². The maximum atomic E-state index is 5.18. The van der Waals surface area contributed by atoms with Crippen molar-refractivity contribution in [2.75, 3.05) is 7.05 Å². The van der Waals surface area contributed by atoms with Crippen molar-refractivity contribution >= 4 is 0 Å². The molecule has 0 rings (SSSR count). The SMILES string of the molecule is CNC([O][Y])C(C)C. The van der Waals surface area contributed by atoms with E-state index in [1.165, 1.54) is 0 Å². The fourth-order valence-corrected chi connectivity index (χ4v) is 1.67. The molecule has 46 valence electrons. The molecule has 1 atom stereocenters. The Morgan fingerprint density at radius 3 is 2.00 bits per heavy atom. The third-order valence-corrected chi connectivity index (χ3v) is 1.76. The van der Waals surface area contributed by atoms with Crippen LogP contribution in [-0.4, -0.2) is 13.3 Å². The Morgan fingerprint density at radius 1 is 1.50 bits per heavy atom. The minimum absolute atomic E-state index is 0.261. The van der Waals surface area contributed by atoms with E-state index in [0.717, 1.165) is 31.5 Å².